The Morgan fingerprint density at radius 3 is 1.47 bits per heavy atom. The highest BCUT2D eigenvalue weighted by Crippen LogP contribution is 2.37. The van der Waals surface area contributed by atoms with E-state index in [-0.39, 0.29) is 12.5 Å². The van der Waals surface area contributed by atoms with Gasteiger partial charge in [0.05, 0.1) is 6.61 Å². The van der Waals surface area contributed by atoms with Crippen LogP contribution in [0.1, 0.15) is 132 Å². The molecule has 43 heavy (non-hydrogen) atoms. The number of hydrogen-bond acceptors (Lipinski definition) is 3. The van der Waals surface area contributed by atoms with Crippen LogP contribution in [0.3, 0.4) is 0 Å². The molecule has 3 rings (SSSR count). The van der Waals surface area contributed by atoms with E-state index in [0.717, 1.165) is 17.7 Å². The molecule has 3 heteroatoms. The van der Waals surface area contributed by atoms with Crippen molar-refractivity contribution in [3.05, 3.63) is 102 Å². The molecule has 0 spiro atoms. The largest absolute Gasteiger partial charge is 0.490 e. The van der Waals surface area contributed by atoms with Crippen molar-refractivity contribution in [3.63, 3.8) is 0 Å². The summed E-state index contributed by atoms with van der Waals surface area (Å²) >= 11 is 0. The molecule has 0 fully saturated rings. The SMILES string of the molecule is CCCCCCCCCCCCCCCCCCOCC(O)COc1ccccc1C(c1ccccc1)c1ccccc1. The Kier molecular flexibility index (Phi) is 18.5. The lowest BCUT2D eigenvalue weighted by Gasteiger charge is -2.22. The lowest BCUT2D eigenvalue weighted by molar-refractivity contribution is 0.0108. The molecule has 0 bridgehead atoms. The predicted octanol–water partition coefficient (Wildman–Crippen LogP) is 10.9. The fraction of sp³-hybridized carbons (Fsp3) is 0.550. The summed E-state index contributed by atoms with van der Waals surface area (Å²) in [5.41, 5.74) is 3.53. The zero-order valence-electron chi connectivity index (χ0n) is 26.9. The molecule has 0 aliphatic heterocycles. The Bertz CT molecular complexity index is 1010. The van der Waals surface area contributed by atoms with E-state index in [4.69, 9.17) is 9.47 Å². The predicted molar refractivity (Wildman–Crippen MR) is 182 cm³/mol. The minimum atomic E-state index is -0.652. The third-order valence-corrected chi connectivity index (χ3v) is 8.38. The van der Waals surface area contributed by atoms with E-state index < -0.39 is 6.10 Å². The maximum absolute atomic E-state index is 10.6. The first kappa shape index (κ1) is 34.9. The van der Waals surface area contributed by atoms with Gasteiger partial charge in [0.25, 0.3) is 0 Å². The van der Waals surface area contributed by atoms with Gasteiger partial charge in [0.2, 0.25) is 0 Å². The molecule has 3 aromatic carbocycles. The van der Waals surface area contributed by atoms with Gasteiger partial charge in [-0.15, -0.1) is 0 Å². The second-order valence-electron chi connectivity index (χ2n) is 12.1. The molecule has 1 atom stereocenters. The average molecular weight is 587 g/mol. The van der Waals surface area contributed by atoms with Crippen LogP contribution < -0.4 is 4.74 Å². The van der Waals surface area contributed by atoms with Gasteiger partial charge in [-0.25, -0.2) is 0 Å². The molecule has 0 saturated carbocycles. The van der Waals surface area contributed by atoms with Gasteiger partial charge < -0.3 is 14.6 Å². The molecule has 3 aromatic rings. The van der Waals surface area contributed by atoms with Gasteiger partial charge in [0.15, 0.2) is 0 Å². The summed E-state index contributed by atoms with van der Waals surface area (Å²) in [6, 6.07) is 29.2. The fourth-order valence-electron chi connectivity index (χ4n) is 5.90. The number of para-hydroxylation sites is 1. The Labute approximate surface area is 263 Å². The van der Waals surface area contributed by atoms with Crippen molar-refractivity contribution in [2.24, 2.45) is 0 Å². The number of benzene rings is 3. The van der Waals surface area contributed by atoms with Crippen LogP contribution >= 0.6 is 0 Å². The Morgan fingerprint density at radius 1 is 0.512 bits per heavy atom. The van der Waals surface area contributed by atoms with Crippen molar-refractivity contribution in [2.45, 2.75) is 122 Å². The minimum absolute atomic E-state index is 0.0573. The summed E-state index contributed by atoms with van der Waals surface area (Å²) in [5.74, 6) is 0.860. The standard InChI is InChI=1S/C40H58O3/c1-2-3-4-5-6-7-8-9-10-11-12-13-14-15-16-25-32-42-33-37(41)34-43-39-31-24-23-30-38(39)40(35-26-19-17-20-27-35)36-28-21-18-22-29-36/h17-24,26-31,37,40-41H,2-16,25,32-34H2,1H3. The van der Waals surface area contributed by atoms with Gasteiger partial charge in [0, 0.05) is 18.1 Å². The number of ether oxygens (including phenoxy) is 2. The first-order chi connectivity index (χ1) is 21.3. The Morgan fingerprint density at radius 2 is 0.953 bits per heavy atom. The van der Waals surface area contributed by atoms with E-state index in [1.54, 1.807) is 0 Å². The molecule has 3 nitrogen and oxygen atoms in total. The summed E-state index contributed by atoms with van der Waals surface area (Å²) in [7, 11) is 0. The lowest BCUT2D eigenvalue weighted by atomic mass is 9.85. The van der Waals surface area contributed by atoms with Crippen molar-refractivity contribution >= 4 is 0 Å². The summed E-state index contributed by atoms with van der Waals surface area (Å²) < 4.78 is 12.0. The van der Waals surface area contributed by atoms with Gasteiger partial charge in [-0.1, -0.05) is 182 Å². The lowest BCUT2D eigenvalue weighted by Crippen LogP contribution is -2.24. The summed E-state index contributed by atoms with van der Waals surface area (Å²) in [6.45, 7) is 3.51. The van der Waals surface area contributed by atoms with E-state index >= 15 is 0 Å². The van der Waals surface area contributed by atoms with Crippen LogP contribution in [0.4, 0.5) is 0 Å². The fourth-order valence-corrected chi connectivity index (χ4v) is 5.90. The van der Waals surface area contributed by atoms with Crippen molar-refractivity contribution in [1.29, 1.82) is 0 Å². The molecule has 0 aromatic heterocycles. The number of rotatable bonds is 25. The van der Waals surface area contributed by atoms with Crippen molar-refractivity contribution in [1.82, 2.24) is 0 Å². The molecule has 0 aliphatic carbocycles. The first-order valence-electron chi connectivity index (χ1n) is 17.4. The number of aliphatic hydroxyl groups excluding tert-OH is 1. The van der Waals surface area contributed by atoms with E-state index in [1.807, 2.05) is 24.3 Å². The maximum atomic E-state index is 10.6. The van der Waals surface area contributed by atoms with E-state index in [1.165, 1.54) is 107 Å². The van der Waals surface area contributed by atoms with Gasteiger partial charge >= 0.3 is 0 Å². The maximum Gasteiger partial charge on any atom is 0.123 e. The van der Waals surface area contributed by atoms with Gasteiger partial charge in [-0.3, -0.25) is 0 Å². The topological polar surface area (TPSA) is 38.7 Å². The number of aliphatic hydroxyl groups is 1. The first-order valence-corrected chi connectivity index (χ1v) is 17.4. The van der Waals surface area contributed by atoms with E-state index in [2.05, 4.69) is 67.6 Å². The molecular weight excluding hydrogens is 528 g/mol. The Hall–Kier alpha value is -2.62. The molecule has 236 valence electrons. The zero-order valence-corrected chi connectivity index (χ0v) is 26.9. The second kappa shape index (κ2) is 22.9. The van der Waals surface area contributed by atoms with Gasteiger partial charge in [0.1, 0.15) is 18.5 Å². The van der Waals surface area contributed by atoms with Crippen LogP contribution in [0, 0.1) is 0 Å². The van der Waals surface area contributed by atoms with Gasteiger partial charge in [-0.05, 0) is 23.6 Å². The van der Waals surface area contributed by atoms with Crippen LogP contribution in [0.2, 0.25) is 0 Å². The highest BCUT2D eigenvalue weighted by atomic mass is 16.5. The van der Waals surface area contributed by atoms with Crippen LogP contribution in [0.15, 0.2) is 84.9 Å². The molecule has 0 saturated heterocycles. The molecular formula is C40H58O3. The van der Waals surface area contributed by atoms with Crippen molar-refractivity contribution < 1.29 is 14.6 Å². The van der Waals surface area contributed by atoms with Gasteiger partial charge in [-0.2, -0.15) is 0 Å². The monoisotopic (exact) mass is 586 g/mol. The summed E-state index contributed by atoms with van der Waals surface area (Å²) in [6.07, 6.45) is 21.2. The molecule has 1 unspecified atom stereocenters. The highest BCUT2D eigenvalue weighted by Gasteiger charge is 2.20. The molecule has 0 heterocycles. The van der Waals surface area contributed by atoms with E-state index in [9.17, 15) is 5.11 Å². The molecule has 0 amide bonds. The van der Waals surface area contributed by atoms with Crippen LogP contribution in [-0.2, 0) is 4.74 Å². The van der Waals surface area contributed by atoms with Crippen LogP contribution in [0.5, 0.6) is 5.75 Å². The quantitative estimate of drug-likeness (QED) is 0.0793. The Balaban J connectivity index is 1.24. The summed E-state index contributed by atoms with van der Waals surface area (Å²) in [5, 5.41) is 10.6. The third kappa shape index (κ3) is 14.6. The smallest absolute Gasteiger partial charge is 0.123 e. The average Bonchev–Trinajstić information content (AvgIpc) is 3.05. The summed E-state index contributed by atoms with van der Waals surface area (Å²) in [4.78, 5) is 0. The zero-order chi connectivity index (χ0) is 30.2. The second-order valence-corrected chi connectivity index (χ2v) is 12.1. The normalized spacial score (nSPS) is 12.1. The van der Waals surface area contributed by atoms with Crippen LogP contribution in [-0.4, -0.2) is 31.0 Å². The number of hydrogen-bond donors (Lipinski definition) is 1. The minimum Gasteiger partial charge on any atom is -0.490 e. The molecule has 1 N–H and O–H groups in total. The van der Waals surface area contributed by atoms with E-state index in [0.29, 0.717) is 13.2 Å². The number of unbranched alkanes of at least 4 members (excludes halogenated alkanes) is 15. The third-order valence-electron chi connectivity index (χ3n) is 8.38. The van der Waals surface area contributed by atoms with Crippen molar-refractivity contribution in [2.75, 3.05) is 19.8 Å². The van der Waals surface area contributed by atoms with Crippen molar-refractivity contribution in [3.8, 4) is 5.75 Å². The highest BCUT2D eigenvalue weighted by molar-refractivity contribution is 5.49. The molecule has 0 radical (unpaired) electrons. The molecule has 0 aliphatic rings. The van der Waals surface area contributed by atoms with Crippen LogP contribution in [0.25, 0.3) is 0 Å².